The Balaban J connectivity index is 1.41. The zero-order chi connectivity index (χ0) is 25.1. The fraction of sp³-hybridized carbons (Fsp3) is 0.280. The summed E-state index contributed by atoms with van der Waals surface area (Å²) in [4.78, 5) is 27.4. The molecule has 5 rings (SSSR count). The molecular formula is C25H24F3N7O. The number of nitrogens with zero attached hydrogens (tertiary/aromatic N) is 5. The molecule has 0 aliphatic carbocycles. The van der Waals surface area contributed by atoms with Crippen LogP contribution in [0.25, 0.3) is 16.9 Å². The topological polar surface area (TPSA) is 88.0 Å². The first-order valence-electron chi connectivity index (χ1n) is 11.6. The maximum atomic E-state index is 12.9. The van der Waals surface area contributed by atoms with Crippen LogP contribution in [-0.4, -0.2) is 50.0 Å². The highest BCUT2D eigenvalue weighted by Crippen LogP contribution is 2.31. The highest BCUT2D eigenvalue weighted by molar-refractivity contribution is 5.86. The molecule has 36 heavy (non-hydrogen) atoms. The van der Waals surface area contributed by atoms with Crippen molar-refractivity contribution in [3.05, 3.63) is 66.5 Å². The van der Waals surface area contributed by atoms with Crippen molar-refractivity contribution in [1.82, 2.24) is 24.4 Å². The van der Waals surface area contributed by atoms with Crippen LogP contribution in [0.3, 0.4) is 0 Å². The van der Waals surface area contributed by atoms with Gasteiger partial charge in [0.2, 0.25) is 11.9 Å². The standard InChI is InChI=1S/C25H24F3N7O/c26-25(27,28)17-9-11-18(12-10-17)31-24-32-22(29-13-5-15-34-14-4-8-20(34)36)21-23(33-24)35(16-30-21)19-6-2-1-3-7-19/h1-3,6-7,9-12,16H,4-5,8,13-15H2,(H2,29,31,32,33). The van der Waals surface area contributed by atoms with Crippen molar-refractivity contribution in [3.63, 3.8) is 0 Å². The number of aromatic nitrogens is 4. The normalized spacial score (nSPS) is 14.0. The Morgan fingerprint density at radius 1 is 1.00 bits per heavy atom. The van der Waals surface area contributed by atoms with Crippen molar-refractivity contribution in [2.45, 2.75) is 25.4 Å². The Morgan fingerprint density at radius 3 is 2.47 bits per heavy atom. The summed E-state index contributed by atoms with van der Waals surface area (Å²) >= 11 is 0. The van der Waals surface area contributed by atoms with E-state index in [-0.39, 0.29) is 11.9 Å². The van der Waals surface area contributed by atoms with Crippen LogP contribution in [0, 0.1) is 0 Å². The molecule has 0 bridgehead atoms. The van der Waals surface area contributed by atoms with E-state index in [1.165, 1.54) is 12.1 Å². The number of hydrogen-bond donors (Lipinski definition) is 2. The van der Waals surface area contributed by atoms with Crippen LogP contribution in [0.5, 0.6) is 0 Å². The number of imidazole rings is 1. The molecule has 1 amide bonds. The van der Waals surface area contributed by atoms with E-state index in [1.807, 2.05) is 39.8 Å². The molecular weight excluding hydrogens is 471 g/mol. The second-order valence-corrected chi connectivity index (χ2v) is 8.48. The van der Waals surface area contributed by atoms with E-state index in [1.54, 1.807) is 6.33 Å². The summed E-state index contributed by atoms with van der Waals surface area (Å²) in [7, 11) is 0. The number of nitrogens with one attached hydrogen (secondary N) is 2. The Morgan fingerprint density at radius 2 is 1.78 bits per heavy atom. The second-order valence-electron chi connectivity index (χ2n) is 8.48. The molecule has 0 atom stereocenters. The predicted molar refractivity (Wildman–Crippen MR) is 130 cm³/mol. The molecule has 0 spiro atoms. The minimum atomic E-state index is -4.41. The Hall–Kier alpha value is -4.15. The summed E-state index contributed by atoms with van der Waals surface area (Å²) in [5, 5.41) is 6.29. The highest BCUT2D eigenvalue weighted by atomic mass is 19.4. The molecule has 1 fully saturated rings. The number of benzene rings is 2. The third-order valence-electron chi connectivity index (χ3n) is 5.97. The van der Waals surface area contributed by atoms with E-state index in [2.05, 4.69) is 25.6 Å². The molecule has 3 heterocycles. The van der Waals surface area contributed by atoms with Gasteiger partial charge in [-0.05, 0) is 49.2 Å². The second kappa shape index (κ2) is 9.84. The van der Waals surface area contributed by atoms with Gasteiger partial charge in [-0.2, -0.15) is 23.1 Å². The zero-order valence-corrected chi connectivity index (χ0v) is 19.3. The number of carbonyl (C=O) groups excluding carboxylic acids is 1. The minimum Gasteiger partial charge on any atom is -0.368 e. The van der Waals surface area contributed by atoms with Crippen LogP contribution >= 0.6 is 0 Å². The molecule has 2 aromatic carbocycles. The SMILES string of the molecule is O=C1CCCN1CCCNc1nc(Nc2ccc(C(F)(F)F)cc2)nc2c1ncn2-c1ccccc1. The van der Waals surface area contributed by atoms with E-state index in [0.29, 0.717) is 42.2 Å². The lowest BCUT2D eigenvalue weighted by Crippen LogP contribution is -2.27. The number of carbonyl (C=O) groups is 1. The van der Waals surface area contributed by atoms with E-state index in [9.17, 15) is 18.0 Å². The molecule has 0 saturated carbocycles. The van der Waals surface area contributed by atoms with Gasteiger partial charge in [-0.15, -0.1) is 0 Å². The fourth-order valence-corrected chi connectivity index (χ4v) is 4.15. The molecule has 1 saturated heterocycles. The lowest BCUT2D eigenvalue weighted by atomic mass is 10.2. The molecule has 0 unspecified atom stereocenters. The van der Waals surface area contributed by atoms with Crippen molar-refractivity contribution >= 4 is 34.5 Å². The first-order valence-corrected chi connectivity index (χ1v) is 11.6. The predicted octanol–water partition coefficient (Wildman–Crippen LogP) is 5.00. The maximum absolute atomic E-state index is 12.9. The Bertz CT molecular complexity index is 1350. The highest BCUT2D eigenvalue weighted by Gasteiger charge is 2.30. The molecule has 1 aliphatic rings. The number of halogens is 3. The summed E-state index contributed by atoms with van der Waals surface area (Å²) in [5.41, 5.74) is 1.66. The van der Waals surface area contributed by atoms with Crippen LogP contribution in [0.2, 0.25) is 0 Å². The monoisotopic (exact) mass is 495 g/mol. The summed E-state index contributed by atoms with van der Waals surface area (Å²) < 4.78 is 40.6. The van der Waals surface area contributed by atoms with Crippen LogP contribution in [0.1, 0.15) is 24.8 Å². The largest absolute Gasteiger partial charge is 0.416 e. The van der Waals surface area contributed by atoms with Crippen molar-refractivity contribution in [2.24, 2.45) is 0 Å². The Kier molecular flexibility index (Phi) is 6.45. The van der Waals surface area contributed by atoms with Gasteiger partial charge in [0.05, 0.1) is 5.56 Å². The summed E-state index contributed by atoms with van der Waals surface area (Å²) in [5.74, 6) is 0.901. The third-order valence-corrected chi connectivity index (χ3v) is 5.97. The first-order chi connectivity index (χ1) is 17.4. The molecule has 1 aliphatic heterocycles. The quantitative estimate of drug-likeness (QED) is 0.335. The van der Waals surface area contributed by atoms with Gasteiger partial charge in [-0.25, -0.2) is 4.98 Å². The number of alkyl halides is 3. The van der Waals surface area contributed by atoms with Crippen molar-refractivity contribution in [2.75, 3.05) is 30.3 Å². The lowest BCUT2D eigenvalue weighted by molar-refractivity contribution is -0.137. The van der Waals surface area contributed by atoms with Crippen LogP contribution in [-0.2, 0) is 11.0 Å². The van der Waals surface area contributed by atoms with E-state index in [4.69, 9.17) is 0 Å². The van der Waals surface area contributed by atoms with Crippen molar-refractivity contribution < 1.29 is 18.0 Å². The minimum absolute atomic E-state index is 0.184. The van der Waals surface area contributed by atoms with Crippen LogP contribution in [0.15, 0.2) is 60.9 Å². The molecule has 2 N–H and O–H groups in total. The van der Waals surface area contributed by atoms with E-state index < -0.39 is 11.7 Å². The van der Waals surface area contributed by atoms with Gasteiger partial charge in [-0.1, -0.05) is 18.2 Å². The van der Waals surface area contributed by atoms with Crippen molar-refractivity contribution in [1.29, 1.82) is 0 Å². The average Bonchev–Trinajstić information content (AvgIpc) is 3.48. The number of rotatable bonds is 8. The van der Waals surface area contributed by atoms with Gasteiger partial charge < -0.3 is 15.5 Å². The number of amides is 1. The van der Waals surface area contributed by atoms with Gasteiger partial charge in [0.1, 0.15) is 6.33 Å². The first kappa shape index (κ1) is 23.6. The molecule has 4 aromatic rings. The summed E-state index contributed by atoms with van der Waals surface area (Å²) in [6.07, 6.45) is -0.513. The molecule has 8 nitrogen and oxygen atoms in total. The number of anilines is 3. The van der Waals surface area contributed by atoms with E-state index in [0.717, 1.165) is 37.2 Å². The molecule has 11 heteroatoms. The number of para-hydroxylation sites is 1. The molecule has 0 radical (unpaired) electrons. The van der Waals surface area contributed by atoms with Gasteiger partial charge in [0, 0.05) is 37.4 Å². The lowest BCUT2D eigenvalue weighted by Gasteiger charge is -2.16. The number of hydrogen-bond acceptors (Lipinski definition) is 6. The zero-order valence-electron chi connectivity index (χ0n) is 19.3. The molecule has 186 valence electrons. The third kappa shape index (κ3) is 5.09. The van der Waals surface area contributed by atoms with Gasteiger partial charge in [-0.3, -0.25) is 9.36 Å². The van der Waals surface area contributed by atoms with E-state index >= 15 is 0 Å². The summed E-state index contributed by atoms with van der Waals surface area (Å²) in [6.45, 7) is 2.02. The smallest absolute Gasteiger partial charge is 0.368 e. The maximum Gasteiger partial charge on any atom is 0.416 e. The Labute approximate surface area is 205 Å². The number of fused-ring (bicyclic) bond motifs is 1. The van der Waals surface area contributed by atoms with Gasteiger partial charge in [0.15, 0.2) is 17.0 Å². The van der Waals surface area contributed by atoms with Crippen LogP contribution in [0.4, 0.5) is 30.6 Å². The number of likely N-dealkylation sites (tertiary alicyclic amines) is 1. The van der Waals surface area contributed by atoms with Gasteiger partial charge in [0.25, 0.3) is 0 Å². The van der Waals surface area contributed by atoms with Gasteiger partial charge >= 0.3 is 6.18 Å². The van der Waals surface area contributed by atoms with Crippen LogP contribution < -0.4 is 10.6 Å². The van der Waals surface area contributed by atoms with Crippen molar-refractivity contribution in [3.8, 4) is 5.69 Å². The summed E-state index contributed by atoms with van der Waals surface area (Å²) in [6, 6.07) is 14.3. The fourth-order valence-electron chi connectivity index (χ4n) is 4.15. The average molecular weight is 496 g/mol. The molecule has 2 aromatic heterocycles.